The molecule has 6 heteroatoms. The number of halogens is 1. The molecule has 0 saturated carbocycles. The van der Waals surface area contributed by atoms with Crippen LogP contribution in [-0.4, -0.2) is 36.4 Å². The van der Waals surface area contributed by atoms with Crippen LogP contribution in [0.2, 0.25) is 0 Å². The Hall–Kier alpha value is -1.63. The van der Waals surface area contributed by atoms with Crippen LogP contribution in [0.4, 0.5) is 0 Å². The average Bonchev–Trinajstić information content (AvgIpc) is 3.16. The number of H-pyrrole nitrogens is 1. The summed E-state index contributed by atoms with van der Waals surface area (Å²) in [5.41, 5.74) is 1.63. The van der Waals surface area contributed by atoms with Crippen LogP contribution in [0.3, 0.4) is 0 Å². The van der Waals surface area contributed by atoms with Crippen molar-refractivity contribution in [1.82, 2.24) is 15.2 Å². The van der Waals surface area contributed by atoms with Crippen molar-refractivity contribution in [2.45, 2.75) is 6.04 Å². The van der Waals surface area contributed by atoms with Gasteiger partial charge in [-0.3, -0.25) is 4.79 Å². The predicted octanol–water partition coefficient (Wildman–Crippen LogP) is 4.02. The fourth-order valence-corrected chi connectivity index (χ4v) is 3.87. The molecule has 0 aliphatic rings. The molecule has 0 aliphatic heterocycles. The molecule has 1 atom stereocenters. The Morgan fingerprint density at radius 2 is 2.22 bits per heavy atom. The van der Waals surface area contributed by atoms with E-state index in [1.54, 1.807) is 17.5 Å². The summed E-state index contributed by atoms with van der Waals surface area (Å²) >= 11 is 5.16. The molecule has 2 aromatic heterocycles. The smallest absolute Gasteiger partial charge is 0.253 e. The Kier molecular flexibility index (Phi) is 4.84. The van der Waals surface area contributed by atoms with Gasteiger partial charge in [0.1, 0.15) is 0 Å². The van der Waals surface area contributed by atoms with Gasteiger partial charge < -0.3 is 15.2 Å². The monoisotopic (exact) mass is 391 g/mol. The number of amides is 1. The summed E-state index contributed by atoms with van der Waals surface area (Å²) in [4.78, 5) is 19.1. The largest absolute Gasteiger partial charge is 0.360 e. The van der Waals surface area contributed by atoms with E-state index in [1.165, 1.54) is 4.88 Å². The number of aromatic amines is 1. The summed E-state index contributed by atoms with van der Waals surface area (Å²) in [5, 5.41) is 6.04. The van der Waals surface area contributed by atoms with E-state index in [-0.39, 0.29) is 11.9 Å². The molecule has 0 fully saturated rings. The number of thiophene rings is 1. The van der Waals surface area contributed by atoms with E-state index in [0.29, 0.717) is 12.1 Å². The molecule has 23 heavy (non-hydrogen) atoms. The highest BCUT2D eigenvalue weighted by Gasteiger charge is 2.18. The van der Waals surface area contributed by atoms with Gasteiger partial charge in [0, 0.05) is 33.0 Å². The Labute approximate surface area is 147 Å². The van der Waals surface area contributed by atoms with Crippen molar-refractivity contribution >= 4 is 44.1 Å². The number of fused-ring (bicyclic) bond motifs is 1. The number of carbonyl (C=O) groups is 1. The standard InChI is InChI=1S/C17H18BrN3OS/c1-21(2)15(16-4-3-7-23-16)10-20-17(22)13-9-19-14-6-5-11(18)8-12(13)14/h3-9,15,19H,10H2,1-2H3,(H,20,22). The molecule has 1 unspecified atom stereocenters. The molecule has 1 amide bonds. The zero-order valence-corrected chi connectivity index (χ0v) is 15.4. The maximum Gasteiger partial charge on any atom is 0.253 e. The first-order valence-corrected chi connectivity index (χ1v) is 8.98. The molecule has 120 valence electrons. The first kappa shape index (κ1) is 16.2. The highest BCUT2D eigenvalue weighted by Crippen LogP contribution is 2.24. The topological polar surface area (TPSA) is 48.1 Å². The quantitative estimate of drug-likeness (QED) is 0.689. The molecular weight excluding hydrogens is 374 g/mol. The normalized spacial score (nSPS) is 12.7. The molecule has 0 radical (unpaired) electrons. The fourth-order valence-electron chi connectivity index (χ4n) is 2.58. The number of benzene rings is 1. The number of likely N-dealkylation sites (N-methyl/N-ethyl adjacent to an activating group) is 1. The van der Waals surface area contributed by atoms with E-state index in [9.17, 15) is 4.79 Å². The lowest BCUT2D eigenvalue weighted by Crippen LogP contribution is -2.34. The van der Waals surface area contributed by atoms with Gasteiger partial charge in [0.15, 0.2) is 0 Å². The van der Waals surface area contributed by atoms with Crippen molar-refractivity contribution in [3.05, 3.63) is 56.8 Å². The zero-order chi connectivity index (χ0) is 16.4. The molecule has 0 spiro atoms. The molecule has 1 aromatic carbocycles. The van der Waals surface area contributed by atoms with Crippen molar-refractivity contribution in [3.8, 4) is 0 Å². The number of hydrogen-bond acceptors (Lipinski definition) is 3. The molecule has 0 aliphatic carbocycles. The second-order valence-electron chi connectivity index (χ2n) is 5.60. The third kappa shape index (κ3) is 3.49. The summed E-state index contributed by atoms with van der Waals surface area (Å²) in [6.07, 6.45) is 1.77. The van der Waals surface area contributed by atoms with E-state index < -0.39 is 0 Å². The van der Waals surface area contributed by atoms with Crippen LogP contribution < -0.4 is 5.32 Å². The third-order valence-electron chi connectivity index (χ3n) is 3.84. The highest BCUT2D eigenvalue weighted by atomic mass is 79.9. The lowest BCUT2D eigenvalue weighted by atomic mass is 10.1. The molecule has 2 N–H and O–H groups in total. The van der Waals surface area contributed by atoms with Crippen LogP contribution in [-0.2, 0) is 0 Å². The van der Waals surface area contributed by atoms with Crippen molar-refractivity contribution in [2.75, 3.05) is 20.6 Å². The molecule has 0 bridgehead atoms. The minimum absolute atomic E-state index is 0.0576. The first-order chi connectivity index (χ1) is 11.1. The van der Waals surface area contributed by atoms with Gasteiger partial charge in [-0.2, -0.15) is 0 Å². The van der Waals surface area contributed by atoms with Crippen LogP contribution in [0.15, 0.2) is 46.4 Å². The Balaban J connectivity index is 1.76. The molecule has 3 rings (SSSR count). The van der Waals surface area contributed by atoms with Crippen molar-refractivity contribution in [3.63, 3.8) is 0 Å². The molecule has 4 nitrogen and oxygen atoms in total. The van der Waals surface area contributed by atoms with Crippen LogP contribution in [0.25, 0.3) is 10.9 Å². The number of nitrogens with zero attached hydrogens (tertiary/aromatic N) is 1. The fraction of sp³-hybridized carbons (Fsp3) is 0.235. The maximum absolute atomic E-state index is 12.6. The Morgan fingerprint density at radius 3 is 2.91 bits per heavy atom. The van der Waals surface area contributed by atoms with E-state index in [4.69, 9.17) is 0 Å². The SMILES string of the molecule is CN(C)C(CNC(=O)c1c[nH]c2ccc(Br)cc12)c1cccs1. The minimum atomic E-state index is -0.0576. The van der Waals surface area contributed by atoms with Crippen molar-refractivity contribution in [2.24, 2.45) is 0 Å². The van der Waals surface area contributed by atoms with E-state index >= 15 is 0 Å². The van der Waals surface area contributed by atoms with Gasteiger partial charge in [-0.25, -0.2) is 0 Å². The average molecular weight is 392 g/mol. The van der Waals surface area contributed by atoms with E-state index in [0.717, 1.165) is 15.4 Å². The minimum Gasteiger partial charge on any atom is -0.360 e. The van der Waals surface area contributed by atoms with Gasteiger partial charge in [-0.15, -0.1) is 11.3 Å². The number of nitrogens with one attached hydrogen (secondary N) is 2. The van der Waals surface area contributed by atoms with Gasteiger partial charge in [0.05, 0.1) is 11.6 Å². The summed E-state index contributed by atoms with van der Waals surface area (Å²) in [6.45, 7) is 0.576. The highest BCUT2D eigenvalue weighted by molar-refractivity contribution is 9.10. The second-order valence-corrected chi connectivity index (χ2v) is 7.49. The maximum atomic E-state index is 12.6. The van der Waals surface area contributed by atoms with Crippen LogP contribution in [0, 0.1) is 0 Å². The lowest BCUT2D eigenvalue weighted by Gasteiger charge is -2.23. The summed E-state index contributed by atoms with van der Waals surface area (Å²) in [5.74, 6) is -0.0576. The van der Waals surface area contributed by atoms with Gasteiger partial charge >= 0.3 is 0 Å². The van der Waals surface area contributed by atoms with Crippen LogP contribution in [0.1, 0.15) is 21.3 Å². The van der Waals surface area contributed by atoms with Gasteiger partial charge in [0.25, 0.3) is 5.91 Å². The number of rotatable bonds is 5. The lowest BCUT2D eigenvalue weighted by molar-refractivity contribution is 0.0944. The second kappa shape index (κ2) is 6.86. The van der Waals surface area contributed by atoms with E-state index in [1.807, 2.05) is 38.4 Å². The molecular formula is C17H18BrN3OS. The number of carbonyl (C=O) groups excluding carboxylic acids is 1. The molecule has 0 saturated heterocycles. The predicted molar refractivity (Wildman–Crippen MR) is 99.1 cm³/mol. The van der Waals surface area contributed by atoms with Crippen molar-refractivity contribution in [1.29, 1.82) is 0 Å². The molecule has 2 heterocycles. The summed E-state index contributed by atoms with van der Waals surface area (Å²) in [7, 11) is 4.05. The number of aromatic nitrogens is 1. The van der Waals surface area contributed by atoms with Gasteiger partial charge in [-0.05, 0) is 43.7 Å². The van der Waals surface area contributed by atoms with Crippen molar-refractivity contribution < 1.29 is 4.79 Å². The zero-order valence-electron chi connectivity index (χ0n) is 13.0. The van der Waals surface area contributed by atoms with Crippen LogP contribution >= 0.6 is 27.3 Å². The summed E-state index contributed by atoms with van der Waals surface area (Å²) < 4.78 is 0.961. The third-order valence-corrected chi connectivity index (χ3v) is 5.31. The van der Waals surface area contributed by atoms with E-state index in [2.05, 4.69) is 42.6 Å². The van der Waals surface area contributed by atoms with Gasteiger partial charge in [0.2, 0.25) is 0 Å². The summed E-state index contributed by atoms with van der Waals surface area (Å²) in [6, 6.07) is 10.2. The Bertz CT molecular complexity index is 810. The first-order valence-electron chi connectivity index (χ1n) is 7.31. The molecule has 3 aromatic rings. The number of hydrogen-bond donors (Lipinski definition) is 2. The Morgan fingerprint density at radius 1 is 1.39 bits per heavy atom. The van der Waals surface area contributed by atoms with Gasteiger partial charge in [-0.1, -0.05) is 22.0 Å². The van der Waals surface area contributed by atoms with Crippen LogP contribution in [0.5, 0.6) is 0 Å².